The smallest absolute Gasteiger partial charge is 0.261 e. The van der Waals surface area contributed by atoms with Gasteiger partial charge in [-0.2, -0.15) is 0 Å². The molecule has 1 fully saturated rings. The Balaban J connectivity index is 1.45. The summed E-state index contributed by atoms with van der Waals surface area (Å²) in [4.78, 5) is 26.0. The minimum Gasteiger partial charge on any atom is -0.387 e. The zero-order chi connectivity index (χ0) is 24.5. The number of anilines is 2. The van der Waals surface area contributed by atoms with E-state index in [0.717, 1.165) is 35.4 Å². The van der Waals surface area contributed by atoms with Gasteiger partial charge in [-0.15, -0.1) is 0 Å². The van der Waals surface area contributed by atoms with Crippen molar-refractivity contribution in [3.05, 3.63) is 75.2 Å². The largest absolute Gasteiger partial charge is 0.387 e. The lowest BCUT2D eigenvalue weighted by Crippen LogP contribution is -2.41. The summed E-state index contributed by atoms with van der Waals surface area (Å²) in [5.41, 5.74) is 5.20. The number of pyridine rings is 1. The Morgan fingerprint density at radius 3 is 2.97 bits per heavy atom. The molecule has 1 aliphatic rings. The van der Waals surface area contributed by atoms with Crippen LogP contribution < -0.4 is 15.8 Å². The molecular formula is C26H28ClN5O3. The van der Waals surface area contributed by atoms with Gasteiger partial charge in [0.15, 0.2) is 0 Å². The number of hydrogen-bond donors (Lipinski definition) is 4. The Hall–Kier alpha value is -3.33. The number of H-pyrrole nitrogens is 2. The van der Waals surface area contributed by atoms with Crippen molar-refractivity contribution in [1.82, 2.24) is 15.0 Å². The second kappa shape index (κ2) is 9.73. The third-order valence-corrected chi connectivity index (χ3v) is 6.52. The van der Waals surface area contributed by atoms with E-state index >= 15 is 0 Å². The number of nitrogens with one attached hydrogen (secondary N) is 3. The van der Waals surface area contributed by atoms with Gasteiger partial charge >= 0.3 is 0 Å². The number of morpholine rings is 1. The van der Waals surface area contributed by atoms with Crippen LogP contribution in [0.4, 0.5) is 11.4 Å². The van der Waals surface area contributed by atoms with Crippen molar-refractivity contribution in [3.63, 3.8) is 0 Å². The first-order chi connectivity index (χ1) is 16.9. The van der Waals surface area contributed by atoms with Gasteiger partial charge < -0.3 is 30.0 Å². The minimum atomic E-state index is -0.794. The molecule has 3 heterocycles. The number of fused-ring (bicyclic) bond motifs is 1. The Kier molecular flexibility index (Phi) is 6.51. The van der Waals surface area contributed by atoms with E-state index < -0.39 is 6.10 Å². The summed E-state index contributed by atoms with van der Waals surface area (Å²) in [6.07, 6.45) is 0.957. The predicted octanol–water partition coefficient (Wildman–Crippen LogP) is 4.25. The summed E-state index contributed by atoms with van der Waals surface area (Å²) in [5.74, 6) is 0.470. The first-order valence-corrected chi connectivity index (χ1v) is 12.0. The fraction of sp³-hybridized carbons (Fsp3) is 0.308. The minimum absolute atomic E-state index is 0.177. The molecule has 2 aromatic heterocycles. The van der Waals surface area contributed by atoms with Crippen LogP contribution in [-0.4, -0.2) is 52.4 Å². The van der Waals surface area contributed by atoms with Crippen LogP contribution in [0.3, 0.4) is 0 Å². The second-order valence-electron chi connectivity index (χ2n) is 8.92. The molecule has 0 bridgehead atoms. The van der Waals surface area contributed by atoms with Gasteiger partial charge in [-0.25, -0.2) is 4.98 Å². The van der Waals surface area contributed by atoms with Crippen molar-refractivity contribution < 1.29 is 9.84 Å². The van der Waals surface area contributed by atoms with E-state index in [1.807, 2.05) is 13.0 Å². The Bertz CT molecular complexity index is 1420. The molecule has 182 valence electrons. The second-order valence-corrected chi connectivity index (χ2v) is 9.36. The van der Waals surface area contributed by atoms with E-state index in [4.69, 9.17) is 21.3 Å². The maximum absolute atomic E-state index is 12.9. The van der Waals surface area contributed by atoms with E-state index in [-0.39, 0.29) is 18.2 Å². The number of rotatable bonds is 6. The monoisotopic (exact) mass is 493 g/mol. The molecule has 35 heavy (non-hydrogen) atoms. The summed E-state index contributed by atoms with van der Waals surface area (Å²) in [6.45, 7) is 6.66. The first kappa shape index (κ1) is 23.4. The molecule has 2 aromatic carbocycles. The highest BCUT2D eigenvalue weighted by atomic mass is 35.5. The molecule has 9 heteroatoms. The average molecular weight is 494 g/mol. The molecule has 0 spiro atoms. The van der Waals surface area contributed by atoms with Crippen molar-refractivity contribution in [2.45, 2.75) is 26.1 Å². The van der Waals surface area contributed by atoms with Crippen LogP contribution in [0.15, 0.2) is 53.5 Å². The summed E-state index contributed by atoms with van der Waals surface area (Å²) < 4.78 is 5.68. The molecule has 4 aromatic rings. The number of imidazole rings is 1. The molecular weight excluding hydrogens is 466 g/mol. The number of halogens is 1. The number of ether oxygens (including phenoxy) is 1. The van der Waals surface area contributed by atoms with Gasteiger partial charge in [-0.3, -0.25) is 4.79 Å². The van der Waals surface area contributed by atoms with Gasteiger partial charge in [0.2, 0.25) is 0 Å². The van der Waals surface area contributed by atoms with Crippen molar-refractivity contribution in [2.75, 3.05) is 36.5 Å². The third-order valence-electron chi connectivity index (χ3n) is 6.29. The van der Waals surface area contributed by atoms with Gasteiger partial charge in [0, 0.05) is 36.5 Å². The Morgan fingerprint density at radius 2 is 2.17 bits per heavy atom. The molecule has 0 amide bonds. The van der Waals surface area contributed by atoms with Gasteiger partial charge in [0.05, 0.1) is 35.5 Å². The Labute approximate surface area is 207 Å². The molecule has 4 N–H and O–H groups in total. The molecule has 2 atom stereocenters. The zero-order valence-electron chi connectivity index (χ0n) is 19.6. The van der Waals surface area contributed by atoms with Crippen LogP contribution in [0.1, 0.15) is 24.2 Å². The summed E-state index contributed by atoms with van der Waals surface area (Å²) in [7, 11) is 0. The summed E-state index contributed by atoms with van der Waals surface area (Å²) in [5, 5.41) is 14.4. The molecule has 8 nitrogen and oxygen atoms in total. The van der Waals surface area contributed by atoms with Crippen LogP contribution in [0.2, 0.25) is 5.02 Å². The van der Waals surface area contributed by atoms with Crippen LogP contribution in [-0.2, 0) is 4.74 Å². The third kappa shape index (κ3) is 4.91. The SMILES string of the molecule is Cc1cc(N2CCOC(C)C2)cc2[nH]c(-c3c(NC[C@@H](O)c4cccc(Cl)c4)cc[nH]c3=O)nc12. The fourth-order valence-electron chi connectivity index (χ4n) is 4.52. The summed E-state index contributed by atoms with van der Waals surface area (Å²) >= 11 is 6.05. The van der Waals surface area contributed by atoms with E-state index in [1.54, 1.807) is 30.5 Å². The van der Waals surface area contributed by atoms with Gasteiger partial charge in [-0.05, 0) is 55.3 Å². The first-order valence-electron chi connectivity index (χ1n) is 11.7. The van der Waals surface area contributed by atoms with Crippen molar-refractivity contribution in [2.24, 2.45) is 0 Å². The highest BCUT2D eigenvalue weighted by Crippen LogP contribution is 2.30. The van der Waals surface area contributed by atoms with Crippen LogP contribution in [0.25, 0.3) is 22.4 Å². The topological polar surface area (TPSA) is 106 Å². The van der Waals surface area contributed by atoms with Crippen LogP contribution >= 0.6 is 11.6 Å². The molecule has 1 unspecified atom stereocenters. The van der Waals surface area contributed by atoms with Crippen molar-refractivity contribution >= 4 is 34.0 Å². The number of aliphatic hydroxyl groups is 1. The number of benzene rings is 2. The number of hydrogen-bond acceptors (Lipinski definition) is 6. The highest BCUT2D eigenvalue weighted by molar-refractivity contribution is 6.30. The molecule has 1 aliphatic heterocycles. The van der Waals surface area contributed by atoms with E-state index in [2.05, 4.69) is 39.2 Å². The maximum atomic E-state index is 12.9. The lowest BCUT2D eigenvalue weighted by atomic mass is 10.1. The lowest BCUT2D eigenvalue weighted by molar-refractivity contribution is 0.0532. The molecule has 0 saturated carbocycles. The average Bonchev–Trinajstić information content (AvgIpc) is 3.27. The quantitative estimate of drug-likeness (QED) is 0.320. The summed E-state index contributed by atoms with van der Waals surface area (Å²) in [6, 6.07) is 13.1. The van der Waals surface area contributed by atoms with E-state index in [9.17, 15) is 9.90 Å². The fourth-order valence-corrected chi connectivity index (χ4v) is 4.72. The predicted molar refractivity (Wildman–Crippen MR) is 139 cm³/mol. The number of aromatic nitrogens is 3. The Morgan fingerprint density at radius 1 is 1.31 bits per heavy atom. The van der Waals surface area contributed by atoms with Gasteiger partial charge in [0.25, 0.3) is 5.56 Å². The normalized spacial score (nSPS) is 17.0. The van der Waals surface area contributed by atoms with E-state index in [0.29, 0.717) is 34.3 Å². The molecule has 0 aliphatic carbocycles. The van der Waals surface area contributed by atoms with Crippen molar-refractivity contribution in [3.8, 4) is 11.4 Å². The van der Waals surface area contributed by atoms with Crippen LogP contribution in [0, 0.1) is 6.92 Å². The van der Waals surface area contributed by atoms with E-state index in [1.165, 1.54) is 0 Å². The highest BCUT2D eigenvalue weighted by Gasteiger charge is 2.20. The number of aromatic amines is 2. The molecule has 0 radical (unpaired) electrons. The zero-order valence-corrected chi connectivity index (χ0v) is 20.4. The number of aryl methyl sites for hydroxylation is 1. The van der Waals surface area contributed by atoms with Crippen LogP contribution in [0.5, 0.6) is 0 Å². The standard InChI is InChI=1S/C26H28ClN5O3/c1-15-10-19(32-8-9-35-16(2)14-32)12-21-24(15)31-25(30-21)23-20(6-7-28-26(23)34)29-13-22(33)17-4-3-5-18(27)11-17/h3-7,10-12,16,22,33H,8-9,13-14H2,1-2H3,(H,30,31)(H2,28,29,34)/t16?,22-/m1/s1. The maximum Gasteiger partial charge on any atom is 0.261 e. The number of nitrogens with zero attached hydrogens (tertiary/aromatic N) is 2. The molecule has 1 saturated heterocycles. The van der Waals surface area contributed by atoms with Crippen molar-refractivity contribution in [1.29, 1.82) is 0 Å². The number of aliphatic hydroxyl groups excluding tert-OH is 1. The molecule has 5 rings (SSSR count). The van der Waals surface area contributed by atoms with Gasteiger partial charge in [0.1, 0.15) is 11.4 Å². The van der Waals surface area contributed by atoms with Gasteiger partial charge in [-0.1, -0.05) is 23.7 Å². The lowest BCUT2D eigenvalue weighted by Gasteiger charge is -2.33.